The molecule has 4 fully saturated rings. The maximum Gasteiger partial charge on any atom is 0.303 e. The first kappa shape index (κ1) is 26.1. The number of hydrogen-bond donors (Lipinski definition) is 0. The Morgan fingerprint density at radius 3 is 2.53 bits per heavy atom. The molecule has 0 aromatic heterocycles. The largest absolute Gasteiger partial charge is 0.447 e. The number of carbonyl (C=O) groups excluding carboxylic acids is 2. The Labute approximate surface area is 229 Å². The molecule has 3 saturated carbocycles. The van der Waals surface area contributed by atoms with Crippen LogP contribution >= 0.6 is 0 Å². The predicted octanol–water partition coefficient (Wildman–Crippen LogP) is 6.01. The minimum Gasteiger partial charge on any atom is -0.447 e. The van der Waals surface area contributed by atoms with Crippen molar-refractivity contribution < 1.29 is 14.3 Å². The second-order valence-corrected chi connectivity index (χ2v) is 13.6. The average molecular weight is 519 g/mol. The van der Waals surface area contributed by atoms with Crippen LogP contribution in [0, 0.1) is 34.5 Å². The number of fused-ring (bicyclic) bond motifs is 4. The zero-order valence-corrected chi connectivity index (χ0v) is 24.0. The van der Waals surface area contributed by atoms with Gasteiger partial charge in [-0.2, -0.15) is 0 Å². The topological polar surface area (TPSA) is 49.9 Å². The van der Waals surface area contributed by atoms with E-state index in [0.29, 0.717) is 5.41 Å². The number of amides is 1. The highest BCUT2D eigenvalue weighted by molar-refractivity contribution is 5.84. The van der Waals surface area contributed by atoms with Gasteiger partial charge in [-0.1, -0.05) is 48.9 Å². The van der Waals surface area contributed by atoms with Gasteiger partial charge in [-0.15, -0.1) is 0 Å². The molecule has 206 valence electrons. The third kappa shape index (κ3) is 3.90. The van der Waals surface area contributed by atoms with E-state index in [9.17, 15) is 9.59 Å². The number of benzene rings is 1. The third-order valence-electron chi connectivity index (χ3n) is 12.2. The number of esters is 1. The first-order valence-electron chi connectivity index (χ1n) is 15.0. The molecule has 1 aromatic rings. The normalized spacial score (nSPS) is 40.7. The van der Waals surface area contributed by atoms with Crippen molar-refractivity contribution in [2.24, 2.45) is 34.5 Å². The van der Waals surface area contributed by atoms with E-state index in [1.807, 2.05) is 42.3 Å². The molecule has 1 aromatic carbocycles. The highest BCUT2D eigenvalue weighted by Gasteiger charge is 2.64. The predicted molar refractivity (Wildman–Crippen MR) is 149 cm³/mol. The molecule has 5 heteroatoms. The second kappa shape index (κ2) is 9.50. The summed E-state index contributed by atoms with van der Waals surface area (Å²) in [6, 6.07) is 10.3. The Morgan fingerprint density at radius 2 is 1.79 bits per heavy atom. The number of likely N-dealkylation sites (N-methyl/N-ethyl adjacent to an activating group) is 1. The summed E-state index contributed by atoms with van der Waals surface area (Å²) in [7, 11) is 4.26. The van der Waals surface area contributed by atoms with Gasteiger partial charge in [0.1, 0.15) is 0 Å². The first-order chi connectivity index (χ1) is 18.2. The van der Waals surface area contributed by atoms with Gasteiger partial charge in [0.2, 0.25) is 6.10 Å². The molecule has 1 spiro atoms. The number of carbonyl (C=O) groups is 2. The van der Waals surface area contributed by atoms with E-state index in [1.165, 1.54) is 45.6 Å². The highest BCUT2D eigenvalue weighted by atomic mass is 16.5. The number of hydrogen-bond acceptors (Lipinski definition) is 4. The van der Waals surface area contributed by atoms with Gasteiger partial charge in [0.25, 0.3) is 5.91 Å². The molecule has 0 radical (unpaired) electrons. The van der Waals surface area contributed by atoms with Crippen LogP contribution in [0.3, 0.4) is 0 Å². The molecule has 9 atom stereocenters. The number of nitrogens with zero attached hydrogens (tertiary/aromatic N) is 2. The van der Waals surface area contributed by atoms with Crippen molar-refractivity contribution >= 4 is 11.9 Å². The highest BCUT2D eigenvalue weighted by Crippen LogP contribution is 2.68. The molecule has 6 rings (SSSR count). The summed E-state index contributed by atoms with van der Waals surface area (Å²) in [5.74, 6) is 2.82. The van der Waals surface area contributed by atoms with Gasteiger partial charge in [-0.3, -0.25) is 9.59 Å². The molecule has 4 aliphatic carbocycles. The van der Waals surface area contributed by atoms with E-state index in [2.05, 4.69) is 31.9 Å². The summed E-state index contributed by atoms with van der Waals surface area (Å²) in [6.07, 6.45) is 11.7. The van der Waals surface area contributed by atoms with Crippen molar-refractivity contribution in [3.8, 4) is 0 Å². The lowest BCUT2D eigenvalue weighted by atomic mass is 9.47. The molecule has 9 unspecified atom stereocenters. The van der Waals surface area contributed by atoms with Gasteiger partial charge in [-0.25, -0.2) is 0 Å². The minimum absolute atomic E-state index is 0.120. The molecule has 38 heavy (non-hydrogen) atoms. The Hall–Kier alpha value is -2.14. The summed E-state index contributed by atoms with van der Waals surface area (Å²) >= 11 is 0. The number of ether oxygens (including phenoxy) is 1. The lowest BCUT2D eigenvalue weighted by molar-refractivity contribution is -0.160. The Balaban J connectivity index is 1.20. The molecular weight excluding hydrogens is 472 g/mol. The second-order valence-electron chi connectivity index (χ2n) is 13.6. The SMILES string of the molecule is CC(=O)OC(C(=O)N(C)C1CCC2(C)C(=CCC3C2CCC24CN(C)C(C)C2CCC34)C1)c1ccccc1. The lowest BCUT2D eigenvalue weighted by Gasteiger charge is -2.58. The van der Waals surface area contributed by atoms with Gasteiger partial charge in [0.05, 0.1) is 0 Å². The van der Waals surface area contributed by atoms with Crippen LogP contribution in [0.5, 0.6) is 0 Å². The Bertz CT molecular complexity index is 1120. The molecule has 0 N–H and O–H groups in total. The standard InChI is InChI=1S/C33H46N2O3/c1-21-27-13-14-29-26-12-11-24-19-25(15-17-32(24,3)28(26)16-18-33(27,29)20-34(21)4)35(5)31(37)30(38-22(2)36)23-9-7-6-8-10-23/h6-11,21,25-30H,12-20H2,1-5H3. The number of allylic oxidation sites excluding steroid dienone is 1. The third-order valence-corrected chi connectivity index (χ3v) is 12.2. The monoisotopic (exact) mass is 518 g/mol. The summed E-state index contributed by atoms with van der Waals surface area (Å²) in [4.78, 5) is 30.1. The molecule has 1 saturated heterocycles. The lowest BCUT2D eigenvalue weighted by Crippen LogP contribution is -2.53. The summed E-state index contributed by atoms with van der Waals surface area (Å²) in [5.41, 5.74) is 3.14. The minimum atomic E-state index is -0.881. The van der Waals surface area contributed by atoms with Crippen LogP contribution in [0.1, 0.15) is 83.8 Å². The van der Waals surface area contributed by atoms with Crippen molar-refractivity contribution in [1.29, 1.82) is 0 Å². The van der Waals surface area contributed by atoms with Gasteiger partial charge in [0, 0.05) is 38.2 Å². The maximum absolute atomic E-state index is 13.7. The van der Waals surface area contributed by atoms with Gasteiger partial charge < -0.3 is 14.5 Å². The van der Waals surface area contributed by atoms with Gasteiger partial charge >= 0.3 is 5.97 Å². The zero-order chi connectivity index (χ0) is 26.8. The fourth-order valence-corrected chi connectivity index (χ4v) is 10.2. The summed E-state index contributed by atoms with van der Waals surface area (Å²) in [5, 5.41) is 0. The van der Waals surface area contributed by atoms with Crippen LogP contribution in [0.2, 0.25) is 0 Å². The average Bonchev–Trinajstić information content (AvgIpc) is 3.39. The van der Waals surface area contributed by atoms with Crippen molar-refractivity contribution in [2.45, 2.75) is 90.3 Å². The van der Waals surface area contributed by atoms with E-state index < -0.39 is 12.1 Å². The smallest absolute Gasteiger partial charge is 0.303 e. The molecule has 1 amide bonds. The van der Waals surface area contributed by atoms with E-state index in [4.69, 9.17) is 4.74 Å². The van der Waals surface area contributed by atoms with Crippen LogP contribution < -0.4 is 0 Å². The molecule has 5 aliphatic rings. The molecule has 1 aliphatic heterocycles. The van der Waals surface area contributed by atoms with Gasteiger partial charge in [-0.05, 0) is 99.8 Å². The van der Waals surface area contributed by atoms with Crippen molar-refractivity contribution in [1.82, 2.24) is 9.80 Å². The van der Waals surface area contributed by atoms with E-state index in [-0.39, 0.29) is 17.4 Å². The molecule has 0 bridgehead atoms. The van der Waals surface area contributed by atoms with Crippen molar-refractivity contribution in [3.05, 3.63) is 47.5 Å². The first-order valence-corrected chi connectivity index (χ1v) is 15.0. The maximum atomic E-state index is 13.7. The quantitative estimate of drug-likeness (QED) is 0.362. The fraction of sp³-hybridized carbons (Fsp3) is 0.697. The van der Waals surface area contributed by atoms with Crippen LogP contribution in [0.15, 0.2) is 42.0 Å². The summed E-state index contributed by atoms with van der Waals surface area (Å²) < 4.78 is 5.55. The van der Waals surface area contributed by atoms with Crippen LogP contribution in [-0.2, 0) is 14.3 Å². The molecule has 1 heterocycles. The Morgan fingerprint density at radius 1 is 1.05 bits per heavy atom. The fourth-order valence-electron chi connectivity index (χ4n) is 10.2. The van der Waals surface area contributed by atoms with Crippen LogP contribution in [-0.4, -0.2) is 54.4 Å². The number of rotatable bonds is 4. The molecule has 5 nitrogen and oxygen atoms in total. The van der Waals surface area contributed by atoms with Crippen molar-refractivity contribution in [3.63, 3.8) is 0 Å². The Kier molecular flexibility index (Phi) is 6.53. The van der Waals surface area contributed by atoms with Gasteiger partial charge in [0.15, 0.2) is 0 Å². The number of likely N-dealkylation sites (tertiary alicyclic amines) is 1. The molecular formula is C33H46N2O3. The van der Waals surface area contributed by atoms with E-state index >= 15 is 0 Å². The summed E-state index contributed by atoms with van der Waals surface area (Å²) in [6.45, 7) is 7.70. The van der Waals surface area contributed by atoms with Crippen molar-refractivity contribution in [2.75, 3.05) is 20.6 Å². The van der Waals surface area contributed by atoms with Crippen LogP contribution in [0.25, 0.3) is 0 Å². The zero-order valence-electron chi connectivity index (χ0n) is 24.0. The van der Waals surface area contributed by atoms with E-state index in [0.717, 1.165) is 54.5 Å². The van der Waals surface area contributed by atoms with E-state index in [1.54, 1.807) is 5.57 Å². The van der Waals surface area contributed by atoms with Crippen LogP contribution in [0.4, 0.5) is 0 Å².